The molecular weight excluding hydrogens is 313 g/mol. The number of ether oxygens (including phenoxy) is 1. The van der Waals surface area contributed by atoms with Crippen molar-refractivity contribution in [1.29, 1.82) is 0 Å². The molecular formula is C15H17F3O3Si. The number of rotatable bonds is 3. The summed E-state index contributed by atoms with van der Waals surface area (Å²) in [7, 11) is -0.814. The zero-order valence-corrected chi connectivity index (χ0v) is 13.7. The van der Waals surface area contributed by atoms with Crippen LogP contribution in [0.5, 0.6) is 0 Å². The Morgan fingerprint density at radius 3 is 2.14 bits per heavy atom. The summed E-state index contributed by atoms with van der Waals surface area (Å²) in [6, 6.07) is 4.55. The highest BCUT2D eigenvalue weighted by Gasteiger charge is 2.30. The molecule has 1 rings (SSSR count). The van der Waals surface area contributed by atoms with Gasteiger partial charge in [-0.15, -0.1) is 0 Å². The van der Waals surface area contributed by atoms with Gasteiger partial charge in [-0.3, -0.25) is 0 Å². The molecule has 0 aliphatic carbocycles. The van der Waals surface area contributed by atoms with Gasteiger partial charge in [0.15, 0.2) is 8.32 Å². The van der Waals surface area contributed by atoms with Crippen molar-refractivity contribution in [1.82, 2.24) is 0 Å². The van der Waals surface area contributed by atoms with Crippen LogP contribution in [0, 0.1) is 11.8 Å². The number of hydrogen-bond donors (Lipinski definition) is 0. The number of carbonyl (C=O) groups is 1. The third-order valence-corrected chi connectivity index (χ3v) is 3.45. The third-order valence-electron chi connectivity index (χ3n) is 2.50. The molecule has 0 N–H and O–H groups in total. The molecule has 120 valence electrons. The number of esters is 1. The second kappa shape index (κ2) is 6.98. The van der Waals surface area contributed by atoms with Crippen molar-refractivity contribution in [2.24, 2.45) is 0 Å². The van der Waals surface area contributed by atoms with Crippen LogP contribution in [0.1, 0.15) is 17.2 Å². The first-order chi connectivity index (χ1) is 10.0. The van der Waals surface area contributed by atoms with Crippen LogP contribution in [0.15, 0.2) is 24.3 Å². The van der Waals surface area contributed by atoms with E-state index >= 15 is 0 Å². The summed E-state index contributed by atoms with van der Waals surface area (Å²) >= 11 is 0. The highest BCUT2D eigenvalue weighted by molar-refractivity contribution is 6.69. The standard InChI is InChI=1S/C15H17F3O3Si/c1-20-14(19)10-9-13(21-22(2,3)4)11-5-7-12(8-6-11)15(16,17)18/h5-8,13H,1-4H3. The van der Waals surface area contributed by atoms with Crippen LogP contribution in [0.4, 0.5) is 13.2 Å². The van der Waals surface area contributed by atoms with Crippen molar-refractivity contribution >= 4 is 14.3 Å². The average Bonchev–Trinajstić information content (AvgIpc) is 2.41. The Labute approximate surface area is 128 Å². The summed E-state index contributed by atoms with van der Waals surface area (Å²) in [6.07, 6.45) is -5.17. The van der Waals surface area contributed by atoms with Gasteiger partial charge in [0, 0.05) is 5.92 Å². The smallest absolute Gasteiger partial charge is 0.416 e. The van der Waals surface area contributed by atoms with Gasteiger partial charge in [0.2, 0.25) is 0 Å². The summed E-state index contributed by atoms with van der Waals surface area (Å²) in [6.45, 7) is 5.76. The summed E-state index contributed by atoms with van der Waals surface area (Å²) in [5.74, 6) is 4.14. The fourth-order valence-electron chi connectivity index (χ4n) is 1.56. The fraction of sp³-hybridized carbons (Fsp3) is 0.400. The van der Waals surface area contributed by atoms with Crippen molar-refractivity contribution in [3.05, 3.63) is 35.4 Å². The number of methoxy groups -OCH3 is 1. The SMILES string of the molecule is COC(=O)C#CC(O[Si](C)(C)C)c1ccc(C(F)(F)F)cc1. The van der Waals surface area contributed by atoms with E-state index in [0.717, 1.165) is 12.1 Å². The van der Waals surface area contributed by atoms with E-state index in [-0.39, 0.29) is 0 Å². The molecule has 3 nitrogen and oxygen atoms in total. The van der Waals surface area contributed by atoms with Crippen LogP contribution < -0.4 is 0 Å². The molecule has 0 saturated carbocycles. The Balaban J connectivity index is 3.10. The topological polar surface area (TPSA) is 35.5 Å². The number of hydrogen-bond acceptors (Lipinski definition) is 3. The Kier molecular flexibility index (Phi) is 5.80. The number of carbonyl (C=O) groups excluding carboxylic acids is 1. The van der Waals surface area contributed by atoms with Crippen LogP contribution in [0.3, 0.4) is 0 Å². The minimum Gasteiger partial charge on any atom is -0.459 e. The fourth-order valence-corrected chi connectivity index (χ4v) is 2.46. The van der Waals surface area contributed by atoms with Crippen LogP contribution in [0.2, 0.25) is 19.6 Å². The van der Waals surface area contributed by atoms with Gasteiger partial charge in [0.25, 0.3) is 0 Å². The molecule has 1 aromatic rings. The molecule has 1 aromatic carbocycles. The maximum absolute atomic E-state index is 12.6. The van der Waals surface area contributed by atoms with Gasteiger partial charge in [-0.1, -0.05) is 18.1 Å². The summed E-state index contributed by atoms with van der Waals surface area (Å²) in [4.78, 5) is 11.1. The molecule has 22 heavy (non-hydrogen) atoms. The van der Waals surface area contributed by atoms with Crippen molar-refractivity contribution in [2.45, 2.75) is 31.9 Å². The van der Waals surface area contributed by atoms with Gasteiger partial charge in [0.1, 0.15) is 6.10 Å². The van der Waals surface area contributed by atoms with E-state index in [2.05, 4.69) is 16.6 Å². The number of alkyl halides is 3. The minimum absolute atomic E-state index is 0.465. The van der Waals surface area contributed by atoms with Gasteiger partial charge in [-0.2, -0.15) is 13.2 Å². The van der Waals surface area contributed by atoms with Gasteiger partial charge in [0.05, 0.1) is 12.7 Å². The predicted octanol–water partition coefficient (Wildman–Crippen LogP) is 3.77. The predicted molar refractivity (Wildman–Crippen MR) is 78.4 cm³/mol. The quantitative estimate of drug-likeness (QED) is 0.366. The van der Waals surface area contributed by atoms with Gasteiger partial charge in [-0.05, 0) is 37.3 Å². The van der Waals surface area contributed by atoms with E-state index in [0.29, 0.717) is 5.56 Å². The molecule has 0 amide bonds. The Morgan fingerprint density at radius 1 is 1.18 bits per heavy atom. The lowest BCUT2D eigenvalue weighted by molar-refractivity contribution is -0.137. The Hall–Kier alpha value is -1.78. The molecule has 0 aromatic heterocycles. The summed E-state index contributed by atoms with van der Waals surface area (Å²) in [5, 5.41) is 0. The van der Waals surface area contributed by atoms with Gasteiger partial charge in [-0.25, -0.2) is 4.79 Å². The first-order valence-corrected chi connectivity index (χ1v) is 9.88. The van der Waals surface area contributed by atoms with E-state index in [4.69, 9.17) is 4.43 Å². The zero-order valence-electron chi connectivity index (χ0n) is 12.7. The lowest BCUT2D eigenvalue weighted by atomic mass is 10.1. The van der Waals surface area contributed by atoms with Gasteiger partial charge >= 0.3 is 12.1 Å². The molecule has 0 bridgehead atoms. The normalized spacial score (nSPS) is 13.0. The van der Waals surface area contributed by atoms with Crippen molar-refractivity contribution in [2.75, 3.05) is 7.11 Å². The van der Waals surface area contributed by atoms with Gasteiger partial charge < -0.3 is 9.16 Å². The zero-order chi connectivity index (χ0) is 17.0. The van der Waals surface area contributed by atoms with Crippen molar-refractivity contribution in [3.8, 4) is 11.8 Å². The van der Waals surface area contributed by atoms with Crippen molar-refractivity contribution < 1.29 is 27.1 Å². The molecule has 0 spiro atoms. The van der Waals surface area contributed by atoms with Crippen molar-refractivity contribution in [3.63, 3.8) is 0 Å². The molecule has 0 saturated heterocycles. The van der Waals surface area contributed by atoms with Crippen LogP contribution in [-0.2, 0) is 20.1 Å². The third kappa shape index (κ3) is 5.91. The summed E-state index contributed by atoms with van der Waals surface area (Å²) in [5.41, 5.74) is -0.282. The van der Waals surface area contributed by atoms with Crippen LogP contribution in [-0.4, -0.2) is 21.4 Å². The molecule has 0 fully saturated rings. The molecule has 0 aliphatic rings. The number of halogens is 3. The first kappa shape index (κ1) is 18.3. The second-order valence-electron chi connectivity index (χ2n) is 5.49. The van der Waals surface area contributed by atoms with E-state index in [1.165, 1.54) is 19.2 Å². The van der Waals surface area contributed by atoms with Crippen LogP contribution in [0.25, 0.3) is 0 Å². The lowest BCUT2D eigenvalue weighted by Crippen LogP contribution is -2.27. The highest BCUT2D eigenvalue weighted by Crippen LogP contribution is 2.30. The average molecular weight is 330 g/mol. The Bertz CT molecular complexity index is 577. The second-order valence-corrected chi connectivity index (χ2v) is 9.95. The van der Waals surface area contributed by atoms with E-state index in [1.54, 1.807) is 0 Å². The molecule has 0 heterocycles. The molecule has 0 aliphatic heterocycles. The maximum Gasteiger partial charge on any atom is 0.416 e. The van der Waals surface area contributed by atoms with E-state index in [1.807, 2.05) is 19.6 Å². The van der Waals surface area contributed by atoms with E-state index in [9.17, 15) is 18.0 Å². The molecule has 1 unspecified atom stereocenters. The maximum atomic E-state index is 12.6. The molecule has 1 atom stereocenters. The molecule has 0 radical (unpaired) electrons. The minimum atomic E-state index is -4.40. The largest absolute Gasteiger partial charge is 0.459 e. The lowest BCUT2D eigenvalue weighted by Gasteiger charge is -2.23. The first-order valence-electron chi connectivity index (χ1n) is 6.47. The Morgan fingerprint density at radius 2 is 1.73 bits per heavy atom. The number of benzene rings is 1. The van der Waals surface area contributed by atoms with E-state index < -0.39 is 32.1 Å². The van der Waals surface area contributed by atoms with Crippen LogP contribution >= 0.6 is 0 Å². The molecule has 7 heteroatoms. The monoisotopic (exact) mass is 330 g/mol. The highest BCUT2D eigenvalue weighted by atomic mass is 28.4. The summed E-state index contributed by atoms with van der Waals surface area (Å²) < 4.78 is 48.0.